The zero-order valence-corrected chi connectivity index (χ0v) is 18.0. The van der Waals surface area contributed by atoms with Crippen molar-refractivity contribution in [2.24, 2.45) is 5.11 Å². The van der Waals surface area contributed by atoms with E-state index in [9.17, 15) is 19.5 Å². The summed E-state index contributed by atoms with van der Waals surface area (Å²) in [7, 11) is 0. The largest absolute Gasteiger partial charge is 0.455 e. The Balaban J connectivity index is 2.52. The van der Waals surface area contributed by atoms with Gasteiger partial charge in [-0.15, -0.1) is 0 Å². The molecular weight excluding hydrogens is 424 g/mol. The summed E-state index contributed by atoms with van der Waals surface area (Å²) in [5, 5.41) is 13.5. The number of nitrogens with two attached hydrogens (primary N) is 1. The summed E-state index contributed by atoms with van der Waals surface area (Å²) in [6.45, 7) is 2.88. The molecule has 32 heavy (non-hydrogen) atoms. The van der Waals surface area contributed by atoms with Gasteiger partial charge < -0.3 is 25.1 Å². The first-order valence-corrected chi connectivity index (χ1v) is 10.4. The zero-order valence-electron chi connectivity index (χ0n) is 18.0. The van der Waals surface area contributed by atoms with Gasteiger partial charge in [0, 0.05) is 24.0 Å². The third-order valence-electron chi connectivity index (χ3n) is 4.91. The summed E-state index contributed by atoms with van der Waals surface area (Å²) in [4.78, 5) is 43.6. The standard InChI is InChI=1S/C19H28N6O7/c1-3-5-7-13(27)30-15-16(31-14(28)8-6-4-2)19(11-26,23-24-21)32-17(15)25-10-9-12(20)22-18(25)29/h9-10,15-17,26H,3-8,11H2,1-2H3,(H2,20,22,29)/t15-,16-,17+,19+/m0/s1. The van der Waals surface area contributed by atoms with Gasteiger partial charge in [-0.1, -0.05) is 31.8 Å². The third-order valence-corrected chi connectivity index (χ3v) is 4.91. The predicted molar refractivity (Wildman–Crippen MR) is 111 cm³/mol. The molecule has 0 saturated carbocycles. The van der Waals surface area contributed by atoms with Crippen LogP contribution < -0.4 is 11.4 Å². The van der Waals surface area contributed by atoms with Gasteiger partial charge in [0.1, 0.15) is 5.82 Å². The van der Waals surface area contributed by atoms with Crippen molar-refractivity contribution in [1.82, 2.24) is 9.55 Å². The van der Waals surface area contributed by atoms with Crippen molar-refractivity contribution in [3.63, 3.8) is 0 Å². The van der Waals surface area contributed by atoms with Crippen LogP contribution in [0, 0.1) is 0 Å². The van der Waals surface area contributed by atoms with Crippen LogP contribution in [0.3, 0.4) is 0 Å². The van der Waals surface area contributed by atoms with Crippen molar-refractivity contribution in [2.45, 2.75) is 76.5 Å². The van der Waals surface area contributed by atoms with E-state index in [4.69, 9.17) is 25.5 Å². The minimum atomic E-state index is -2.13. The van der Waals surface area contributed by atoms with Gasteiger partial charge in [0.2, 0.25) is 5.72 Å². The molecule has 3 N–H and O–H groups in total. The van der Waals surface area contributed by atoms with Gasteiger partial charge >= 0.3 is 17.6 Å². The topological polar surface area (TPSA) is 192 Å². The number of anilines is 1. The van der Waals surface area contributed by atoms with Gasteiger partial charge in [-0.2, -0.15) is 4.98 Å². The molecule has 2 heterocycles. The summed E-state index contributed by atoms with van der Waals surface area (Å²) in [5.41, 5.74) is 11.6. The SMILES string of the molecule is CCCCC(=O)O[C@@H]1[C@H](n2ccc(N)nc2=O)O[C@@](CO)(N=[N+]=[N-])[C@H]1OC(=O)CCCC. The molecule has 2 rings (SSSR count). The molecule has 1 fully saturated rings. The molecule has 0 bridgehead atoms. The molecule has 0 unspecified atom stereocenters. The van der Waals surface area contributed by atoms with Crippen molar-refractivity contribution < 1.29 is 28.9 Å². The number of ether oxygens (including phenoxy) is 3. The van der Waals surface area contributed by atoms with Gasteiger partial charge in [0.05, 0.1) is 6.61 Å². The number of aliphatic hydroxyl groups excluding tert-OH is 1. The lowest BCUT2D eigenvalue weighted by molar-refractivity contribution is -0.173. The summed E-state index contributed by atoms with van der Waals surface area (Å²) in [6, 6.07) is 1.31. The van der Waals surface area contributed by atoms with Crippen molar-refractivity contribution in [3.8, 4) is 0 Å². The van der Waals surface area contributed by atoms with E-state index in [1.807, 2.05) is 13.8 Å². The molecule has 176 valence electrons. The molecule has 13 heteroatoms. The fourth-order valence-electron chi connectivity index (χ4n) is 3.23. The number of rotatable bonds is 11. The number of carbonyl (C=O) groups excluding carboxylic acids is 2. The van der Waals surface area contributed by atoms with E-state index in [1.165, 1.54) is 12.3 Å². The van der Waals surface area contributed by atoms with Crippen molar-refractivity contribution in [1.29, 1.82) is 0 Å². The third kappa shape index (κ3) is 5.75. The molecule has 1 saturated heterocycles. The lowest BCUT2D eigenvalue weighted by Gasteiger charge is -2.28. The van der Waals surface area contributed by atoms with Crippen LogP contribution in [-0.4, -0.2) is 51.1 Å². The Morgan fingerprint density at radius 2 is 1.94 bits per heavy atom. The second kappa shape index (κ2) is 11.5. The smallest absolute Gasteiger partial charge is 0.351 e. The minimum absolute atomic E-state index is 0.0493. The molecule has 0 aliphatic carbocycles. The molecule has 13 nitrogen and oxygen atoms in total. The fraction of sp³-hybridized carbons (Fsp3) is 0.684. The number of aliphatic hydroxyl groups is 1. The molecular formula is C19H28N6O7. The Hall–Kier alpha value is -3.15. The Labute approximate surface area is 184 Å². The lowest BCUT2D eigenvalue weighted by Crippen LogP contribution is -2.48. The average Bonchev–Trinajstić information content (AvgIpc) is 3.04. The van der Waals surface area contributed by atoms with Crippen LogP contribution in [0.1, 0.15) is 58.6 Å². The molecule has 0 aromatic carbocycles. The van der Waals surface area contributed by atoms with E-state index in [2.05, 4.69) is 15.0 Å². The quantitative estimate of drug-likeness (QED) is 0.217. The number of carbonyl (C=O) groups is 2. The van der Waals surface area contributed by atoms with E-state index >= 15 is 0 Å². The van der Waals surface area contributed by atoms with Crippen LogP contribution in [0.5, 0.6) is 0 Å². The first kappa shape index (κ1) is 25.1. The van der Waals surface area contributed by atoms with E-state index in [1.54, 1.807) is 0 Å². The van der Waals surface area contributed by atoms with Gasteiger partial charge in [0.25, 0.3) is 0 Å². The maximum absolute atomic E-state index is 12.4. The first-order valence-electron chi connectivity index (χ1n) is 10.4. The van der Waals surface area contributed by atoms with Crippen LogP contribution in [-0.2, 0) is 23.8 Å². The van der Waals surface area contributed by atoms with Crippen molar-refractivity contribution in [3.05, 3.63) is 33.2 Å². The molecule has 1 aromatic rings. The van der Waals surface area contributed by atoms with E-state index in [0.717, 1.165) is 17.4 Å². The number of nitrogens with zero attached hydrogens (tertiary/aromatic N) is 5. The highest BCUT2D eigenvalue weighted by atomic mass is 16.7. The second-order valence-electron chi connectivity index (χ2n) is 7.32. The van der Waals surface area contributed by atoms with Crippen LogP contribution in [0.2, 0.25) is 0 Å². The van der Waals surface area contributed by atoms with Crippen LogP contribution in [0.25, 0.3) is 10.4 Å². The average molecular weight is 452 g/mol. The van der Waals surface area contributed by atoms with E-state index < -0.39 is 48.4 Å². The van der Waals surface area contributed by atoms with Gasteiger partial charge in [-0.3, -0.25) is 14.2 Å². The highest BCUT2D eigenvalue weighted by Gasteiger charge is 2.60. The summed E-state index contributed by atoms with van der Waals surface area (Å²) >= 11 is 0. The molecule has 1 aromatic heterocycles. The van der Waals surface area contributed by atoms with E-state index in [-0.39, 0.29) is 18.7 Å². The first-order chi connectivity index (χ1) is 15.3. The molecule has 1 aliphatic heterocycles. The number of nitrogen functional groups attached to an aromatic ring is 1. The van der Waals surface area contributed by atoms with E-state index in [0.29, 0.717) is 12.8 Å². The number of esters is 2. The maximum atomic E-state index is 12.4. The highest BCUT2D eigenvalue weighted by molar-refractivity contribution is 5.71. The van der Waals surface area contributed by atoms with Gasteiger partial charge in [-0.25, -0.2) is 4.79 Å². The van der Waals surface area contributed by atoms with Gasteiger partial charge in [0.15, 0.2) is 18.4 Å². The number of aromatic nitrogens is 2. The zero-order chi connectivity index (χ0) is 23.7. The Bertz CT molecular complexity index is 916. The molecule has 1 aliphatic rings. The van der Waals surface area contributed by atoms with Crippen molar-refractivity contribution in [2.75, 3.05) is 12.3 Å². The van der Waals surface area contributed by atoms with Crippen LogP contribution >= 0.6 is 0 Å². The Morgan fingerprint density at radius 1 is 1.31 bits per heavy atom. The molecule has 0 radical (unpaired) electrons. The Kier molecular flexibility index (Phi) is 9.00. The molecule has 0 amide bonds. The molecule has 0 spiro atoms. The highest BCUT2D eigenvalue weighted by Crippen LogP contribution is 2.41. The molecule has 4 atom stereocenters. The summed E-state index contributed by atoms with van der Waals surface area (Å²) in [5.74, 6) is -1.35. The summed E-state index contributed by atoms with van der Waals surface area (Å²) < 4.78 is 17.7. The normalized spacial score (nSPS) is 24.5. The van der Waals surface area contributed by atoms with Crippen LogP contribution in [0.15, 0.2) is 22.2 Å². The fourth-order valence-corrected chi connectivity index (χ4v) is 3.23. The lowest BCUT2D eigenvalue weighted by atomic mass is 10.0. The Morgan fingerprint density at radius 3 is 2.47 bits per heavy atom. The minimum Gasteiger partial charge on any atom is -0.455 e. The monoisotopic (exact) mass is 452 g/mol. The maximum Gasteiger partial charge on any atom is 0.351 e. The number of hydrogen-bond donors (Lipinski definition) is 2. The van der Waals surface area contributed by atoms with Gasteiger partial charge in [-0.05, 0) is 24.4 Å². The number of azide groups is 1. The summed E-state index contributed by atoms with van der Waals surface area (Å²) in [6.07, 6.45) is -0.399. The number of hydrogen-bond acceptors (Lipinski definition) is 10. The number of unbranched alkanes of at least 4 members (excludes halogenated alkanes) is 2. The van der Waals surface area contributed by atoms with Crippen LogP contribution in [0.4, 0.5) is 5.82 Å². The van der Waals surface area contributed by atoms with Crippen molar-refractivity contribution >= 4 is 17.8 Å². The predicted octanol–water partition coefficient (Wildman–Crippen LogP) is 1.56. The second-order valence-corrected chi connectivity index (χ2v) is 7.32.